The number of nitrogens with two attached hydrogens (primary N) is 1. The van der Waals surface area contributed by atoms with E-state index >= 15 is 0 Å². The molecule has 1 aromatic rings. The van der Waals surface area contributed by atoms with Crippen molar-refractivity contribution in [1.29, 1.82) is 0 Å². The van der Waals surface area contributed by atoms with Crippen molar-refractivity contribution in [2.45, 2.75) is 25.7 Å². The molecule has 1 amide bonds. The van der Waals surface area contributed by atoms with E-state index in [0.29, 0.717) is 30.8 Å². The second kappa shape index (κ2) is 5.26. The van der Waals surface area contributed by atoms with E-state index in [1.54, 1.807) is 0 Å². The molecule has 102 valence electrons. The molecule has 0 aromatic carbocycles. The van der Waals surface area contributed by atoms with Crippen molar-refractivity contribution in [1.82, 2.24) is 4.98 Å². The Morgan fingerprint density at radius 2 is 2.11 bits per heavy atom. The van der Waals surface area contributed by atoms with Gasteiger partial charge in [-0.05, 0) is 25.0 Å². The van der Waals surface area contributed by atoms with Gasteiger partial charge in [-0.3, -0.25) is 9.59 Å². The number of rotatable bonds is 5. The van der Waals surface area contributed by atoms with Crippen LogP contribution in [0.3, 0.4) is 0 Å². The molecule has 0 saturated heterocycles. The van der Waals surface area contributed by atoms with E-state index in [1.807, 2.05) is 0 Å². The molecule has 4 N–H and O–H groups in total. The molecule has 1 saturated carbocycles. The van der Waals surface area contributed by atoms with Crippen molar-refractivity contribution in [2.75, 3.05) is 11.9 Å². The lowest BCUT2D eigenvalue weighted by molar-refractivity contribution is -0.147. The molecule has 0 spiro atoms. The summed E-state index contributed by atoms with van der Waals surface area (Å²) in [7, 11) is 0. The molecule has 19 heavy (non-hydrogen) atoms. The van der Waals surface area contributed by atoms with E-state index < -0.39 is 17.3 Å². The highest BCUT2D eigenvalue weighted by atomic mass is 16.4. The third-order valence-electron chi connectivity index (χ3n) is 3.67. The summed E-state index contributed by atoms with van der Waals surface area (Å²) in [5, 5.41) is 12.4. The zero-order chi connectivity index (χ0) is 13.9. The van der Waals surface area contributed by atoms with Crippen LogP contribution < -0.4 is 11.1 Å². The van der Waals surface area contributed by atoms with E-state index in [-0.39, 0.29) is 0 Å². The maximum Gasteiger partial charge on any atom is 0.311 e. The van der Waals surface area contributed by atoms with Crippen LogP contribution in [-0.2, 0) is 4.79 Å². The first-order chi connectivity index (χ1) is 9.03. The van der Waals surface area contributed by atoms with Crippen LogP contribution >= 0.6 is 0 Å². The monoisotopic (exact) mass is 263 g/mol. The molecule has 0 bridgehead atoms. The first-order valence-electron chi connectivity index (χ1n) is 6.27. The van der Waals surface area contributed by atoms with Gasteiger partial charge in [0.2, 0.25) is 5.91 Å². The Labute approximate surface area is 111 Å². The quantitative estimate of drug-likeness (QED) is 0.741. The number of carboxylic acids is 1. The number of anilines is 1. The summed E-state index contributed by atoms with van der Waals surface area (Å²) >= 11 is 0. The number of carbonyl (C=O) groups is 2. The summed E-state index contributed by atoms with van der Waals surface area (Å²) < 4.78 is 0. The molecule has 0 atom stereocenters. The SMILES string of the molecule is NC(=O)c1ccnc(NCC2(C(=O)O)CCCC2)c1. The van der Waals surface area contributed by atoms with Gasteiger partial charge in [-0.25, -0.2) is 4.98 Å². The fourth-order valence-corrected chi connectivity index (χ4v) is 2.46. The number of nitrogens with zero attached hydrogens (tertiary/aromatic N) is 1. The number of amides is 1. The third kappa shape index (κ3) is 2.83. The topological polar surface area (TPSA) is 105 Å². The number of carboxylic acid groups (broad SMARTS) is 1. The second-order valence-electron chi connectivity index (χ2n) is 4.94. The number of carbonyl (C=O) groups excluding carboxylic acids is 1. The number of primary amides is 1. The largest absolute Gasteiger partial charge is 0.481 e. The van der Waals surface area contributed by atoms with Gasteiger partial charge in [0.1, 0.15) is 5.82 Å². The van der Waals surface area contributed by atoms with Crippen LogP contribution in [0.4, 0.5) is 5.82 Å². The number of hydrogen-bond donors (Lipinski definition) is 3. The number of hydrogen-bond acceptors (Lipinski definition) is 4. The Morgan fingerprint density at radius 1 is 1.42 bits per heavy atom. The van der Waals surface area contributed by atoms with Crippen molar-refractivity contribution in [2.24, 2.45) is 11.1 Å². The molecule has 0 aliphatic heterocycles. The molecule has 1 aliphatic carbocycles. The molecule has 0 unspecified atom stereocenters. The predicted molar refractivity (Wildman–Crippen MR) is 69.8 cm³/mol. The van der Waals surface area contributed by atoms with Crippen LogP contribution in [-0.4, -0.2) is 28.5 Å². The second-order valence-corrected chi connectivity index (χ2v) is 4.94. The number of nitrogens with one attached hydrogen (secondary N) is 1. The van der Waals surface area contributed by atoms with Gasteiger partial charge in [0.25, 0.3) is 0 Å². The van der Waals surface area contributed by atoms with Crippen LogP contribution in [0, 0.1) is 5.41 Å². The molecule has 6 heteroatoms. The lowest BCUT2D eigenvalue weighted by Crippen LogP contribution is -2.35. The molecule has 1 heterocycles. The van der Waals surface area contributed by atoms with Crippen molar-refractivity contribution < 1.29 is 14.7 Å². The highest BCUT2D eigenvalue weighted by Crippen LogP contribution is 2.38. The average Bonchev–Trinajstić information content (AvgIpc) is 2.87. The van der Waals surface area contributed by atoms with E-state index in [0.717, 1.165) is 12.8 Å². The summed E-state index contributed by atoms with van der Waals surface area (Å²) in [6.07, 6.45) is 4.69. The maximum absolute atomic E-state index is 11.4. The lowest BCUT2D eigenvalue weighted by atomic mass is 9.86. The Morgan fingerprint density at radius 3 is 2.68 bits per heavy atom. The van der Waals surface area contributed by atoms with Gasteiger partial charge >= 0.3 is 5.97 Å². The van der Waals surface area contributed by atoms with Crippen molar-refractivity contribution in [3.8, 4) is 0 Å². The third-order valence-corrected chi connectivity index (χ3v) is 3.67. The Bertz CT molecular complexity index is 496. The molecule has 0 radical (unpaired) electrons. The van der Waals surface area contributed by atoms with E-state index in [2.05, 4.69) is 10.3 Å². The fraction of sp³-hybridized carbons (Fsp3) is 0.462. The zero-order valence-electron chi connectivity index (χ0n) is 10.6. The molecule has 2 rings (SSSR count). The van der Waals surface area contributed by atoms with Crippen LogP contribution in [0.2, 0.25) is 0 Å². The Balaban J connectivity index is 2.07. The van der Waals surface area contributed by atoms with Crippen LogP contribution in [0.5, 0.6) is 0 Å². The normalized spacial score (nSPS) is 17.1. The lowest BCUT2D eigenvalue weighted by Gasteiger charge is -2.24. The fourth-order valence-electron chi connectivity index (χ4n) is 2.46. The highest BCUT2D eigenvalue weighted by molar-refractivity contribution is 5.93. The van der Waals surface area contributed by atoms with E-state index in [1.165, 1.54) is 18.3 Å². The van der Waals surface area contributed by atoms with Gasteiger partial charge in [0, 0.05) is 18.3 Å². The number of aromatic nitrogens is 1. The van der Waals surface area contributed by atoms with Crippen LogP contribution in [0.15, 0.2) is 18.3 Å². The van der Waals surface area contributed by atoms with Gasteiger partial charge in [-0.1, -0.05) is 12.8 Å². The van der Waals surface area contributed by atoms with E-state index in [9.17, 15) is 14.7 Å². The summed E-state index contributed by atoms with van der Waals surface area (Å²) in [6, 6.07) is 3.06. The number of pyridine rings is 1. The van der Waals surface area contributed by atoms with Gasteiger partial charge in [-0.2, -0.15) is 0 Å². The van der Waals surface area contributed by atoms with Gasteiger partial charge in [0.05, 0.1) is 5.41 Å². The minimum atomic E-state index is -0.774. The molecular formula is C13H17N3O3. The van der Waals surface area contributed by atoms with Crippen molar-refractivity contribution in [3.63, 3.8) is 0 Å². The standard InChI is InChI=1S/C13H17N3O3/c14-11(17)9-3-6-15-10(7-9)16-8-13(12(18)19)4-1-2-5-13/h3,6-7H,1-2,4-5,8H2,(H2,14,17)(H,15,16)(H,18,19). The highest BCUT2D eigenvalue weighted by Gasteiger charge is 2.41. The molecule has 1 aromatic heterocycles. The van der Waals surface area contributed by atoms with Crippen LogP contribution in [0.25, 0.3) is 0 Å². The summed E-state index contributed by atoms with van der Waals surface area (Å²) in [4.78, 5) is 26.5. The first kappa shape index (κ1) is 13.3. The summed E-state index contributed by atoms with van der Waals surface area (Å²) in [5.74, 6) is -0.827. The zero-order valence-corrected chi connectivity index (χ0v) is 10.6. The number of aliphatic carboxylic acids is 1. The van der Waals surface area contributed by atoms with E-state index in [4.69, 9.17) is 5.73 Å². The van der Waals surface area contributed by atoms with Gasteiger partial charge in [-0.15, -0.1) is 0 Å². The molecular weight excluding hydrogens is 246 g/mol. The average molecular weight is 263 g/mol. The van der Waals surface area contributed by atoms with Gasteiger partial charge in [0.15, 0.2) is 0 Å². The van der Waals surface area contributed by atoms with Crippen molar-refractivity contribution in [3.05, 3.63) is 23.9 Å². The minimum Gasteiger partial charge on any atom is -0.481 e. The smallest absolute Gasteiger partial charge is 0.311 e. The van der Waals surface area contributed by atoms with Crippen LogP contribution in [0.1, 0.15) is 36.0 Å². The summed E-state index contributed by atoms with van der Waals surface area (Å²) in [5.41, 5.74) is 4.82. The first-order valence-corrected chi connectivity index (χ1v) is 6.27. The minimum absolute atomic E-state index is 0.317. The molecule has 6 nitrogen and oxygen atoms in total. The summed E-state index contributed by atoms with van der Waals surface area (Å²) in [6.45, 7) is 0.317. The van der Waals surface area contributed by atoms with Gasteiger partial charge < -0.3 is 16.2 Å². The Kier molecular flexibility index (Phi) is 3.69. The Hall–Kier alpha value is -2.11. The van der Waals surface area contributed by atoms with Crippen molar-refractivity contribution >= 4 is 17.7 Å². The molecule has 1 aliphatic rings. The molecule has 1 fully saturated rings. The maximum atomic E-state index is 11.4. The predicted octanol–water partition coefficient (Wildman–Crippen LogP) is 1.24.